The summed E-state index contributed by atoms with van der Waals surface area (Å²) in [5.41, 5.74) is 5.64. The van der Waals surface area contributed by atoms with Gasteiger partial charge in [0, 0.05) is 16.3 Å². The van der Waals surface area contributed by atoms with E-state index in [9.17, 15) is 22.8 Å². The first-order valence-electron chi connectivity index (χ1n) is 11.1. The highest BCUT2D eigenvalue weighted by atomic mass is 35.5. The third kappa shape index (κ3) is 6.01. The number of alkyl halides is 3. The largest absolute Gasteiger partial charge is 0.454 e. The quantitative estimate of drug-likeness (QED) is 0.269. The second-order valence-corrected chi connectivity index (χ2v) is 8.80. The molecule has 182 valence electrons. The summed E-state index contributed by atoms with van der Waals surface area (Å²) in [6, 6.07) is 25.7. The van der Waals surface area contributed by atoms with Gasteiger partial charge in [-0.2, -0.15) is 13.2 Å². The Kier molecular flexibility index (Phi) is 7.27. The summed E-state index contributed by atoms with van der Waals surface area (Å²) in [6.07, 6.45) is -4.74. The van der Waals surface area contributed by atoms with Gasteiger partial charge in [0.15, 0.2) is 0 Å². The Labute approximate surface area is 211 Å². The molecule has 0 atom stereocenters. The molecule has 7 heteroatoms. The highest BCUT2D eigenvalue weighted by molar-refractivity contribution is 6.30. The van der Waals surface area contributed by atoms with E-state index in [-0.39, 0.29) is 12.3 Å². The number of benzene rings is 4. The van der Waals surface area contributed by atoms with Gasteiger partial charge in [0.05, 0.1) is 6.42 Å². The van der Waals surface area contributed by atoms with Crippen LogP contribution in [0.3, 0.4) is 0 Å². The molecule has 0 saturated carbocycles. The molecule has 0 aliphatic rings. The van der Waals surface area contributed by atoms with Gasteiger partial charge in [-0.25, -0.2) is 0 Å². The van der Waals surface area contributed by atoms with E-state index in [0.29, 0.717) is 16.3 Å². The Morgan fingerprint density at radius 1 is 0.778 bits per heavy atom. The molecule has 4 rings (SSSR count). The predicted molar refractivity (Wildman–Crippen MR) is 136 cm³/mol. The Bertz CT molecular complexity index is 1390. The molecule has 0 radical (unpaired) electrons. The number of carbonyl (C=O) groups is 2. The molecule has 0 saturated heterocycles. The van der Waals surface area contributed by atoms with Crippen LogP contribution >= 0.6 is 11.6 Å². The summed E-state index contributed by atoms with van der Waals surface area (Å²) < 4.78 is 37.7. The van der Waals surface area contributed by atoms with E-state index in [2.05, 4.69) is 5.32 Å². The van der Waals surface area contributed by atoms with E-state index in [1.807, 2.05) is 49.4 Å². The summed E-state index contributed by atoms with van der Waals surface area (Å²) in [4.78, 5) is 23.8. The number of amides is 1. The molecule has 0 unspecified atom stereocenters. The van der Waals surface area contributed by atoms with Crippen molar-refractivity contribution in [3.05, 3.63) is 113 Å². The van der Waals surface area contributed by atoms with Gasteiger partial charge in [-0.15, -0.1) is 0 Å². The van der Waals surface area contributed by atoms with Crippen molar-refractivity contribution in [1.29, 1.82) is 0 Å². The number of aryl methyl sites for hydroxylation is 1. The van der Waals surface area contributed by atoms with Crippen LogP contribution in [0.1, 0.15) is 21.5 Å². The molecule has 0 aliphatic heterocycles. The van der Waals surface area contributed by atoms with E-state index in [1.165, 1.54) is 12.1 Å². The molecule has 0 bridgehead atoms. The second kappa shape index (κ2) is 10.4. The lowest BCUT2D eigenvalue weighted by Crippen LogP contribution is -2.22. The van der Waals surface area contributed by atoms with Crippen LogP contribution in [-0.4, -0.2) is 17.9 Å². The molecule has 0 aromatic heterocycles. The third-order valence-corrected chi connectivity index (χ3v) is 5.96. The predicted octanol–water partition coefficient (Wildman–Crippen LogP) is 7.91. The molecule has 4 aromatic carbocycles. The van der Waals surface area contributed by atoms with Crippen molar-refractivity contribution in [2.75, 3.05) is 5.32 Å². The number of halogens is 4. The Morgan fingerprint density at radius 2 is 1.33 bits per heavy atom. The topological polar surface area (TPSA) is 46.2 Å². The summed E-state index contributed by atoms with van der Waals surface area (Å²) in [5.74, 6) is -2.04. The molecular weight excluding hydrogens is 487 g/mol. The zero-order valence-corrected chi connectivity index (χ0v) is 20.0. The molecule has 1 amide bonds. The number of Topliss-reactive ketones (excluding diaryl/α,β-unsaturated/α-hetero) is 1. The first kappa shape index (κ1) is 25.2. The lowest BCUT2D eigenvalue weighted by Gasteiger charge is -2.10. The van der Waals surface area contributed by atoms with Crippen LogP contribution in [0.2, 0.25) is 5.02 Å². The van der Waals surface area contributed by atoms with Gasteiger partial charge in [0.25, 0.3) is 5.78 Å². The minimum Gasteiger partial charge on any atom is -0.326 e. The number of carbonyl (C=O) groups excluding carboxylic acids is 2. The standard InChI is InChI=1S/C29H21ClF3NO2/c1-18-16-24(30)12-15-26(18)22-10-13-25(14-11-22)34-27(35)17-19-2-4-20(5-3-19)21-6-8-23(9-7-21)28(36)29(31,32)33/h2-16H,17H2,1H3,(H,34,35). The maximum absolute atomic E-state index is 12.6. The van der Waals surface area contributed by atoms with Crippen LogP contribution < -0.4 is 5.32 Å². The average Bonchev–Trinajstić information content (AvgIpc) is 2.84. The lowest BCUT2D eigenvalue weighted by atomic mass is 10.00. The Hall–Kier alpha value is -3.90. The minimum atomic E-state index is -4.90. The SMILES string of the molecule is Cc1cc(Cl)ccc1-c1ccc(NC(=O)Cc2ccc(-c3ccc(C(=O)C(F)(F)F)cc3)cc2)cc1. The number of hydrogen-bond acceptors (Lipinski definition) is 2. The fraction of sp³-hybridized carbons (Fsp3) is 0.103. The summed E-state index contributed by atoms with van der Waals surface area (Å²) >= 11 is 6.03. The van der Waals surface area contributed by atoms with Crippen LogP contribution in [0.4, 0.5) is 18.9 Å². The highest BCUT2D eigenvalue weighted by Crippen LogP contribution is 2.28. The van der Waals surface area contributed by atoms with Crippen LogP contribution in [0.25, 0.3) is 22.3 Å². The fourth-order valence-electron chi connectivity index (χ4n) is 3.87. The molecule has 0 fully saturated rings. The van der Waals surface area contributed by atoms with Crippen molar-refractivity contribution in [1.82, 2.24) is 0 Å². The van der Waals surface area contributed by atoms with Crippen LogP contribution in [0.15, 0.2) is 91.0 Å². The Morgan fingerprint density at radius 3 is 1.89 bits per heavy atom. The first-order chi connectivity index (χ1) is 17.1. The maximum atomic E-state index is 12.6. The van der Waals surface area contributed by atoms with Crippen molar-refractivity contribution in [2.45, 2.75) is 19.5 Å². The van der Waals surface area contributed by atoms with E-state index in [4.69, 9.17) is 11.6 Å². The van der Waals surface area contributed by atoms with Crippen molar-refractivity contribution in [2.24, 2.45) is 0 Å². The van der Waals surface area contributed by atoms with Gasteiger partial charge < -0.3 is 5.32 Å². The molecule has 3 nitrogen and oxygen atoms in total. The van der Waals surface area contributed by atoms with Crippen LogP contribution in [0.5, 0.6) is 0 Å². The van der Waals surface area contributed by atoms with Crippen molar-refractivity contribution in [3.8, 4) is 22.3 Å². The molecule has 1 N–H and O–H groups in total. The van der Waals surface area contributed by atoms with E-state index in [1.54, 1.807) is 24.3 Å². The van der Waals surface area contributed by atoms with E-state index in [0.717, 1.165) is 39.9 Å². The summed E-state index contributed by atoms with van der Waals surface area (Å²) in [7, 11) is 0. The van der Waals surface area contributed by atoms with E-state index < -0.39 is 17.5 Å². The second-order valence-electron chi connectivity index (χ2n) is 8.36. The minimum absolute atomic E-state index is 0.164. The molecule has 0 aliphatic carbocycles. The van der Waals surface area contributed by atoms with E-state index >= 15 is 0 Å². The van der Waals surface area contributed by atoms with Gasteiger partial charge in [-0.3, -0.25) is 9.59 Å². The van der Waals surface area contributed by atoms with Crippen molar-refractivity contribution in [3.63, 3.8) is 0 Å². The zero-order valence-electron chi connectivity index (χ0n) is 19.2. The maximum Gasteiger partial charge on any atom is 0.454 e. The van der Waals surface area contributed by atoms with Crippen LogP contribution in [-0.2, 0) is 11.2 Å². The first-order valence-corrected chi connectivity index (χ1v) is 11.5. The monoisotopic (exact) mass is 507 g/mol. The average molecular weight is 508 g/mol. The zero-order chi connectivity index (χ0) is 25.9. The fourth-order valence-corrected chi connectivity index (χ4v) is 4.09. The molecule has 4 aromatic rings. The number of nitrogens with one attached hydrogen (secondary N) is 1. The number of anilines is 1. The summed E-state index contributed by atoms with van der Waals surface area (Å²) in [6.45, 7) is 1.99. The molecule has 0 spiro atoms. The number of ketones is 1. The molecular formula is C29H21ClF3NO2. The van der Waals surface area contributed by atoms with Crippen molar-refractivity contribution < 1.29 is 22.8 Å². The molecule has 0 heterocycles. The normalized spacial score (nSPS) is 11.2. The van der Waals surface area contributed by atoms with Gasteiger partial charge in [0.1, 0.15) is 0 Å². The van der Waals surface area contributed by atoms with Gasteiger partial charge in [0.2, 0.25) is 5.91 Å². The van der Waals surface area contributed by atoms with Crippen LogP contribution in [0, 0.1) is 6.92 Å². The third-order valence-electron chi connectivity index (χ3n) is 5.72. The summed E-state index contributed by atoms with van der Waals surface area (Å²) in [5, 5.41) is 3.57. The van der Waals surface area contributed by atoms with Gasteiger partial charge >= 0.3 is 6.18 Å². The number of rotatable bonds is 6. The van der Waals surface area contributed by atoms with Crippen molar-refractivity contribution >= 4 is 29.0 Å². The van der Waals surface area contributed by atoms with Gasteiger partial charge in [-0.05, 0) is 64.6 Å². The molecule has 36 heavy (non-hydrogen) atoms. The number of hydrogen-bond donors (Lipinski definition) is 1. The highest BCUT2D eigenvalue weighted by Gasteiger charge is 2.39. The Balaban J connectivity index is 1.37. The van der Waals surface area contributed by atoms with Gasteiger partial charge in [-0.1, -0.05) is 78.3 Å². The lowest BCUT2D eigenvalue weighted by molar-refractivity contribution is -0.115. The smallest absolute Gasteiger partial charge is 0.326 e.